The van der Waals surface area contributed by atoms with E-state index in [0.29, 0.717) is 32.5 Å². The SMILES string of the molecule is CCOCCOCCOCCN1CCC(n2cc(C(=O)C(C)C)cn2)CC1. The number of rotatable bonds is 13. The number of carbonyl (C=O) groups is 1. The van der Waals surface area contributed by atoms with Gasteiger partial charge in [-0.1, -0.05) is 13.8 Å². The van der Waals surface area contributed by atoms with Crippen LogP contribution in [0.5, 0.6) is 0 Å². The summed E-state index contributed by atoms with van der Waals surface area (Å²) in [6.45, 7) is 12.8. The molecule has 0 atom stereocenters. The first-order valence-corrected chi connectivity index (χ1v) is 10.2. The zero-order valence-electron chi connectivity index (χ0n) is 17.1. The molecule has 1 aromatic heterocycles. The zero-order chi connectivity index (χ0) is 19.5. The van der Waals surface area contributed by atoms with Crippen LogP contribution in [0.4, 0.5) is 0 Å². The number of aromatic nitrogens is 2. The summed E-state index contributed by atoms with van der Waals surface area (Å²) in [4.78, 5) is 14.5. The van der Waals surface area contributed by atoms with Crippen LogP contribution in [0.3, 0.4) is 0 Å². The van der Waals surface area contributed by atoms with E-state index < -0.39 is 0 Å². The molecule has 1 aliphatic rings. The molecule has 2 heterocycles. The van der Waals surface area contributed by atoms with Crippen molar-refractivity contribution >= 4 is 5.78 Å². The van der Waals surface area contributed by atoms with Crippen molar-refractivity contribution in [2.45, 2.75) is 39.7 Å². The number of hydrogen-bond acceptors (Lipinski definition) is 6. The summed E-state index contributed by atoms with van der Waals surface area (Å²) in [7, 11) is 0. The van der Waals surface area contributed by atoms with Gasteiger partial charge in [-0.15, -0.1) is 0 Å². The lowest BCUT2D eigenvalue weighted by atomic mass is 10.0. The van der Waals surface area contributed by atoms with Gasteiger partial charge in [-0.05, 0) is 19.8 Å². The summed E-state index contributed by atoms with van der Waals surface area (Å²) < 4.78 is 18.3. The van der Waals surface area contributed by atoms with Crippen molar-refractivity contribution in [3.8, 4) is 0 Å². The molecule has 0 saturated carbocycles. The van der Waals surface area contributed by atoms with Gasteiger partial charge in [0.25, 0.3) is 0 Å². The third-order valence-corrected chi connectivity index (χ3v) is 4.84. The summed E-state index contributed by atoms with van der Waals surface area (Å²) in [6.07, 6.45) is 5.73. The number of Topliss-reactive ketones (excluding diaryl/α,β-unsaturated/α-hetero) is 1. The predicted molar refractivity (Wildman–Crippen MR) is 104 cm³/mol. The van der Waals surface area contributed by atoms with Gasteiger partial charge < -0.3 is 19.1 Å². The molecule has 0 aliphatic carbocycles. The van der Waals surface area contributed by atoms with Gasteiger partial charge >= 0.3 is 0 Å². The second kappa shape index (κ2) is 12.2. The lowest BCUT2D eigenvalue weighted by Crippen LogP contribution is -2.37. The monoisotopic (exact) mass is 381 g/mol. The normalized spacial score (nSPS) is 16.3. The molecule has 0 spiro atoms. The third-order valence-electron chi connectivity index (χ3n) is 4.84. The van der Waals surface area contributed by atoms with E-state index in [0.717, 1.165) is 51.3 Å². The highest BCUT2D eigenvalue weighted by molar-refractivity contribution is 5.96. The van der Waals surface area contributed by atoms with Crippen LogP contribution in [-0.2, 0) is 14.2 Å². The van der Waals surface area contributed by atoms with Gasteiger partial charge in [-0.25, -0.2) is 0 Å². The Morgan fingerprint density at radius 3 is 2.37 bits per heavy atom. The number of nitrogens with zero attached hydrogens (tertiary/aromatic N) is 3. The van der Waals surface area contributed by atoms with E-state index in [1.54, 1.807) is 6.20 Å². The quantitative estimate of drug-likeness (QED) is 0.386. The molecule has 1 saturated heterocycles. The van der Waals surface area contributed by atoms with Gasteiger partial charge in [-0.3, -0.25) is 9.48 Å². The number of piperidine rings is 1. The van der Waals surface area contributed by atoms with E-state index in [2.05, 4.69) is 10.00 Å². The molecule has 0 bridgehead atoms. The first kappa shape index (κ1) is 22.0. The van der Waals surface area contributed by atoms with Crippen LogP contribution < -0.4 is 0 Å². The van der Waals surface area contributed by atoms with Crippen molar-refractivity contribution in [1.82, 2.24) is 14.7 Å². The number of hydrogen-bond donors (Lipinski definition) is 0. The standard InChI is InChI=1S/C20H35N3O4/c1-4-25-11-12-27-14-13-26-10-9-22-7-5-19(6-8-22)23-16-18(15-21-23)20(24)17(2)3/h15-17,19H,4-14H2,1-3H3. The van der Waals surface area contributed by atoms with Gasteiger partial charge in [0.2, 0.25) is 0 Å². The first-order chi connectivity index (χ1) is 13.1. The molecular weight excluding hydrogens is 346 g/mol. The first-order valence-electron chi connectivity index (χ1n) is 10.2. The van der Waals surface area contributed by atoms with E-state index in [1.807, 2.05) is 31.6 Å². The maximum absolute atomic E-state index is 12.1. The average Bonchev–Trinajstić information content (AvgIpc) is 3.16. The molecule has 1 fully saturated rings. The molecular formula is C20H35N3O4. The van der Waals surface area contributed by atoms with Crippen LogP contribution in [0, 0.1) is 5.92 Å². The molecule has 0 N–H and O–H groups in total. The number of likely N-dealkylation sites (tertiary alicyclic amines) is 1. The Hall–Kier alpha value is -1.28. The molecule has 0 radical (unpaired) electrons. The second-order valence-corrected chi connectivity index (χ2v) is 7.22. The zero-order valence-corrected chi connectivity index (χ0v) is 17.1. The Balaban J connectivity index is 1.56. The van der Waals surface area contributed by atoms with Crippen molar-refractivity contribution in [3.05, 3.63) is 18.0 Å². The summed E-state index contributed by atoms with van der Waals surface area (Å²) >= 11 is 0. The highest BCUT2D eigenvalue weighted by Gasteiger charge is 2.22. The average molecular weight is 382 g/mol. The van der Waals surface area contributed by atoms with Crippen molar-refractivity contribution < 1.29 is 19.0 Å². The Morgan fingerprint density at radius 1 is 1.11 bits per heavy atom. The highest BCUT2D eigenvalue weighted by atomic mass is 16.5. The van der Waals surface area contributed by atoms with E-state index >= 15 is 0 Å². The fourth-order valence-corrected chi connectivity index (χ4v) is 3.18. The summed E-state index contributed by atoms with van der Waals surface area (Å²) in [5.74, 6) is 0.178. The van der Waals surface area contributed by atoms with Gasteiger partial charge in [0.15, 0.2) is 5.78 Å². The predicted octanol–water partition coefficient (Wildman–Crippen LogP) is 2.43. The van der Waals surface area contributed by atoms with Crippen LogP contribution in [-0.4, -0.2) is 79.7 Å². The van der Waals surface area contributed by atoms with Gasteiger partial charge in [0, 0.05) is 38.4 Å². The van der Waals surface area contributed by atoms with Crippen LogP contribution in [0.15, 0.2) is 12.4 Å². The third kappa shape index (κ3) is 7.70. The molecule has 154 valence electrons. The van der Waals surface area contributed by atoms with Crippen LogP contribution in [0.2, 0.25) is 0 Å². The smallest absolute Gasteiger partial charge is 0.168 e. The molecule has 0 amide bonds. The lowest BCUT2D eigenvalue weighted by molar-refractivity contribution is 0.0110. The number of ketones is 1. The second-order valence-electron chi connectivity index (χ2n) is 7.22. The van der Waals surface area contributed by atoms with Crippen LogP contribution in [0.25, 0.3) is 0 Å². The van der Waals surface area contributed by atoms with Crippen molar-refractivity contribution in [2.75, 3.05) is 59.3 Å². The Bertz CT molecular complexity index is 539. The molecule has 7 nitrogen and oxygen atoms in total. The van der Waals surface area contributed by atoms with Gasteiger partial charge in [0.05, 0.1) is 50.8 Å². The van der Waals surface area contributed by atoms with Crippen LogP contribution >= 0.6 is 0 Å². The molecule has 7 heteroatoms. The van der Waals surface area contributed by atoms with E-state index in [4.69, 9.17) is 14.2 Å². The van der Waals surface area contributed by atoms with Crippen molar-refractivity contribution in [1.29, 1.82) is 0 Å². The van der Waals surface area contributed by atoms with E-state index in [-0.39, 0.29) is 11.7 Å². The molecule has 2 rings (SSSR count). The topological polar surface area (TPSA) is 65.8 Å². The fraction of sp³-hybridized carbons (Fsp3) is 0.800. The maximum atomic E-state index is 12.1. The summed E-state index contributed by atoms with van der Waals surface area (Å²) in [6, 6.07) is 0.384. The van der Waals surface area contributed by atoms with Gasteiger partial charge in [-0.2, -0.15) is 5.10 Å². The molecule has 0 aromatic carbocycles. The molecule has 27 heavy (non-hydrogen) atoms. The fourth-order valence-electron chi connectivity index (χ4n) is 3.18. The van der Waals surface area contributed by atoms with Crippen molar-refractivity contribution in [3.63, 3.8) is 0 Å². The highest BCUT2D eigenvalue weighted by Crippen LogP contribution is 2.22. The summed E-state index contributed by atoms with van der Waals surface area (Å²) in [5, 5.41) is 4.42. The maximum Gasteiger partial charge on any atom is 0.168 e. The molecule has 0 unspecified atom stereocenters. The largest absolute Gasteiger partial charge is 0.379 e. The lowest BCUT2D eigenvalue weighted by Gasteiger charge is -2.31. The van der Waals surface area contributed by atoms with Crippen molar-refractivity contribution in [2.24, 2.45) is 5.92 Å². The Kier molecular flexibility index (Phi) is 9.97. The minimum Gasteiger partial charge on any atom is -0.379 e. The molecule has 1 aromatic rings. The Labute approximate surface area is 162 Å². The van der Waals surface area contributed by atoms with E-state index in [9.17, 15) is 4.79 Å². The minimum absolute atomic E-state index is 0.0135. The van der Waals surface area contributed by atoms with Gasteiger partial charge in [0.1, 0.15) is 0 Å². The molecule has 1 aliphatic heterocycles. The minimum atomic E-state index is 0.0135. The van der Waals surface area contributed by atoms with Crippen LogP contribution in [0.1, 0.15) is 50.0 Å². The number of carbonyl (C=O) groups excluding carboxylic acids is 1. The van der Waals surface area contributed by atoms with E-state index in [1.165, 1.54) is 0 Å². The Morgan fingerprint density at radius 2 is 1.74 bits per heavy atom. The summed E-state index contributed by atoms with van der Waals surface area (Å²) in [5.41, 5.74) is 0.726. The number of ether oxygens (including phenoxy) is 3.